The van der Waals surface area contributed by atoms with Gasteiger partial charge in [-0.3, -0.25) is 9.59 Å². The highest BCUT2D eigenvalue weighted by atomic mass is 32.2. The minimum atomic E-state index is -3.45. The zero-order chi connectivity index (χ0) is 17.0. The molecule has 0 N–H and O–H groups in total. The van der Waals surface area contributed by atoms with Gasteiger partial charge in [-0.25, -0.2) is 8.42 Å². The van der Waals surface area contributed by atoms with Gasteiger partial charge in [-0.2, -0.15) is 0 Å². The monoisotopic (exact) mass is 338 g/mol. The van der Waals surface area contributed by atoms with E-state index in [4.69, 9.17) is 0 Å². The Morgan fingerprint density at radius 3 is 2.04 bits per heavy atom. The molecule has 6 nitrogen and oxygen atoms in total. The normalized spacial score (nSPS) is 15.6. The molecule has 0 aromatic heterocycles. The second-order valence-electron chi connectivity index (χ2n) is 5.77. The molecule has 0 unspecified atom stereocenters. The first kappa shape index (κ1) is 17.5. The Morgan fingerprint density at radius 1 is 1.00 bits per heavy atom. The van der Waals surface area contributed by atoms with Gasteiger partial charge in [0.15, 0.2) is 9.84 Å². The Hall–Kier alpha value is -1.89. The summed E-state index contributed by atoms with van der Waals surface area (Å²) in [5.74, 6) is -0.370. The Balaban J connectivity index is 1.89. The molecule has 1 fully saturated rings. The van der Waals surface area contributed by atoms with Crippen LogP contribution in [-0.4, -0.2) is 62.0 Å². The lowest BCUT2D eigenvalue weighted by molar-refractivity contribution is -0.138. The minimum absolute atomic E-state index is 0.000882. The maximum Gasteiger partial charge on any atom is 0.223 e. The van der Waals surface area contributed by atoms with Gasteiger partial charge in [-0.15, -0.1) is 0 Å². The van der Waals surface area contributed by atoms with Crippen LogP contribution in [-0.2, 0) is 19.4 Å². The Bertz CT molecular complexity index is 675. The molecule has 1 aliphatic heterocycles. The van der Waals surface area contributed by atoms with Crippen LogP contribution in [0.2, 0.25) is 0 Å². The third kappa shape index (κ3) is 4.54. The highest BCUT2D eigenvalue weighted by Crippen LogP contribution is 2.14. The van der Waals surface area contributed by atoms with Crippen molar-refractivity contribution in [2.75, 3.05) is 31.9 Å². The van der Waals surface area contributed by atoms with Crippen molar-refractivity contribution >= 4 is 21.7 Å². The third-order valence-electron chi connectivity index (χ3n) is 4.04. The summed E-state index contributed by atoms with van der Waals surface area (Å²) in [4.78, 5) is 27.0. The number of carbonyl (C=O) groups excluding carboxylic acids is 2. The summed E-state index contributed by atoms with van der Waals surface area (Å²) in [7, 11) is -3.45. The maximum atomic E-state index is 12.2. The fourth-order valence-corrected chi connectivity index (χ4v) is 3.74. The summed E-state index contributed by atoms with van der Waals surface area (Å²) in [6.07, 6.45) is -0.0315. The van der Waals surface area contributed by atoms with Crippen LogP contribution in [0.25, 0.3) is 0 Å². The summed E-state index contributed by atoms with van der Waals surface area (Å²) in [6, 6.07) is 6.63. The van der Waals surface area contributed by atoms with E-state index in [2.05, 4.69) is 0 Å². The van der Waals surface area contributed by atoms with E-state index in [1.54, 1.807) is 34.1 Å². The van der Waals surface area contributed by atoms with Crippen LogP contribution >= 0.6 is 0 Å². The lowest BCUT2D eigenvalue weighted by atomic mass is 10.2. The maximum absolute atomic E-state index is 12.2. The number of carbonyl (C=O) groups is 2. The van der Waals surface area contributed by atoms with Crippen molar-refractivity contribution in [1.82, 2.24) is 9.80 Å². The number of amides is 2. The number of sulfone groups is 1. The standard InChI is InChI=1S/C16H22N2O4S/c1-13-3-5-15(6-4-13)23(21,22)12-7-16(20)18-10-8-17(9-11-18)14(2)19/h3-6H,7-12H2,1-2H3. The molecule has 0 atom stereocenters. The second-order valence-corrected chi connectivity index (χ2v) is 7.88. The van der Waals surface area contributed by atoms with Crippen molar-refractivity contribution in [2.24, 2.45) is 0 Å². The molecule has 1 heterocycles. The molecule has 1 saturated heterocycles. The van der Waals surface area contributed by atoms with Gasteiger partial charge < -0.3 is 9.80 Å². The van der Waals surface area contributed by atoms with Crippen LogP contribution in [0, 0.1) is 6.92 Å². The van der Waals surface area contributed by atoms with Crippen molar-refractivity contribution in [3.05, 3.63) is 29.8 Å². The molecule has 126 valence electrons. The molecule has 1 aromatic rings. The smallest absolute Gasteiger partial charge is 0.223 e. The molecule has 2 amide bonds. The summed E-state index contributed by atoms with van der Waals surface area (Å²) >= 11 is 0. The van der Waals surface area contributed by atoms with Crippen LogP contribution in [0.1, 0.15) is 18.9 Å². The number of hydrogen-bond acceptors (Lipinski definition) is 4. The van der Waals surface area contributed by atoms with Crippen molar-refractivity contribution in [1.29, 1.82) is 0 Å². The average Bonchev–Trinajstić information content (AvgIpc) is 2.53. The van der Waals surface area contributed by atoms with Crippen molar-refractivity contribution < 1.29 is 18.0 Å². The van der Waals surface area contributed by atoms with Crippen molar-refractivity contribution in [3.8, 4) is 0 Å². The zero-order valence-electron chi connectivity index (χ0n) is 13.5. The van der Waals surface area contributed by atoms with Gasteiger partial charge in [0, 0.05) is 39.5 Å². The van der Waals surface area contributed by atoms with Gasteiger partial charge >= 0.3 is 0 Å². The van der Waals surface area contributed by atoms with Crippen molar-refractivity contribution in [3.63, 3.8) is 0 Å². The summed E-state index contributed by atoms with van der Waals surface area (Å²) < 4.78 is 24.5. The Morgan fingerprint density at radius 2 is 1.52 bits per heavy atom. The highest BCUT2D eigenvalue weighted by Gasteiger charge is 2.24. The SMILES string of the molecule is CC(=O)N1CCN(C(=O)CCS(=O)(=O)c2ccc(C)cc2)CC1. The fraction of sp³-hybridized carbons (Fsp3) is 0.500. The summed E-state index contributed by atoms with van der Waals surface area (Å²) in [5.41, 5.74) is 0.989. The average molecular weight is 338 g/mol. The minimum Gasteiger partial charge on any atom is -0.339 e. The number of benzene rings is 1. The van der Waals surface area contributed by atoms with Gasteiger partial charge in [-0.05, 0) is 19.1 Å². The number of nitrogens with zero attached hydrogens (tertiary/aromatic N) is 2. The second kappa shape index (κ2) is 7.12. The first-order valence-electron chi connectivity index (χ1n) is 7.62. The van der Waals surface area contributed by atoms with Gasteiger partial charge in [0.05, 0.1) is 10.6 Å². The van der Waals surface area contributed by atoms with E-state index in [9.17, 15) is 18.0 Å². The van der Waals surface area contributed by atoms with Crippen LogP contribution in [0.15, 0.2) is 29.2 Å². The lowest BCUT2D eigenvalue weighted by Crippen LogP contribution is -2.50. The van der Waals surface area contributed by atoms with E-state index in [0.717, 1.165) is 5.56 Å². The molecule has 0 spiro atoms. The predicted octanol–water partition coefficient (Wildman–Crippen LogP) is 0.850. The molecule has 0 radical (unpaired) electrons. The van der Waals surface area contributed by atoms with E-state index >= 15 is 0 Å². The van der Waals surface area contributed by atoms with Gasteiger partial charge in [-0.1, -0.05) is 17.7 Å². The summed E-state index contributed by atoms with van der Waals surface area (Å²) in [5, 5.41) is 0. The highest BCUT2D eigenvalue weighted by molar-refractivity contribution is 7.91. The largest absolute Gasteiger partial charge is 0.339 e. The van der Waals surface area contributed by atoms with Crippen LogP contribution in [0.3, 0.4) is 0 Å². The van der Waals surface area contributed by atoms with E-state index in [1.165, 1.54) is 6.92 Å². The zero-order valence-corrected chi connectivity index (χ0v) is 14.3. The molecule has 23 heavy (non-hydrogen) atoms. The van der Waals surface area contributed by atoms with E-state index in [0.29, 0.717) is 26.2 Å². The quantitative estimate of drug-likeness (QED) is 0.816. The number of rotatable bonds is 4. The van der Waals surface area contributed by atoms with Gasteiger partial charge in [0.2, 0.25) is 11.8 Å². The molecule has 2 rings (SSSR count). The van der Waals surface area contributed by atoms with Gasteiger partial charge in [0.1, 0.15) is 0 Å². The topological polar surface area (TPSA) is 74.8 Å². The summed E-state index contributed by atoms with van der Waals surface area (Å²) in [6.45, 7) is 5.33. The Kier molecular flexibility index (Phi) is 5.41. The molecule has 1 aromatic carbocycles. The van der Waals surface area contributed by atoms with E-state index in [1.807, 2.05) is 6.92 Å². The Labute approximate surface area is 137 Å². The van der Waals surface area contributed by atoms with E-state index < -0.39 is 9.84 Å². The molecule has 0 saturated carbocycles. The molecular formula is C16H22N2O4S. The van der Waals surface area contributed by atoms with Crippen LogP contribution in [0.4, 0.5) is 0 Å². The first-order chi connectivity index (χ1) is 10.8. The molecule has 1 aliphatic rings. The van der Waals surface area contributed by atoms with Crippen LogP contribution in [0.5, 0.6) is 0 Å². The number of hydrogen-bond donors (Lipinski definition) is 0. The van der Waals surface area contributed by atoms with Gasteiger partial charge in [0.25, 0.3) is 0 Å². The van der Waals surface area contributed by atoms with Crippen LogP contribution < -0.4 is 0 Å². The molecule has 0 bridgehead atoms. The number of piperazine rings is 1. The third-order valence-corrected chi connectivity index (χ3v) is 5.77. The lowest BCUT2D eigenvalue weighted by Gasteiger charge is -2.34. The fourth-order valence-electron chi connectivity index (χ4n) is 2.51. The molecular weight excluding hydrogens is 316 g/mol. The van der Waals surface area contributed by atoms with Crippen molar-refractivity contribution in [2.45, 2.75) is 25.2 Å². The predicted molar refractivity (Wildman–Crippen MR) is 86.7 cm³/mol. The molecule has 7 heteroatoms. The number of aryl methyl sites for hydroxylation is 1. The molecule has 0 aliphatic carbocycles. The first-order valence-corrected chi connectivity index (χ1v) is 9.27. The van der Waals surface area contributed by atoms with E-state index in [-0.39, 0.29) is 28.9 Å².